The van der Waals surface area contributed by atoms with E-state index in [0.29, 0.717) is 29.4 Å². The number of aromatic nitrogens is 3. The molecule has 0 radical (unpaired) electrons. The third-order valence-electron chi connectivity index (χ3n) is 5.71. The standard InChI is InChI=1S/C22H31N5O3/c1-14(2)30-20(28)13-6-16-4-9-18(10-5-16)26-15(3)25-27(22(26)29)19-11-7-17(8-12-19)21(23)24/h7-8,11-12,14,16,18H,4-6,9-10,13H2,1-3H3,(H3,23,24). The number of ether oxygens (including phenoxy) is 1. The molecule has 1 saturated carbocycles. The lowest BCUT2D eigenvalue weighted by atomic mass is 9.83. The molecule has 1 aromatic heterocycles. The molecular formula is C22H31N5O3. The van der Waals surface area contributed by atoms with E-state index in [-0.39, 0.29) is 29.6 Å². The van der Waals surface area contributed by atoms with E-state index in [2.05, 4.69) is 5.10 Å². The quantitative estimate of drug-likeness (QED) is 0.411. The van der Waals surface area contributed by atoms with Crippen LogP contribution in [0, 0.1) is 18.3 Å². The Morgan fingerprint density at radius 3 is 2.43 bits per heavy atom. The van der Waals surface area contributed by atoms with E-state index >= 15 is 0 Å². The molecule has 0 aliphatic heterocycles. The monoisotopic (exact) mass is 413 g/mol. The number of benzene rings is 1. The van der Waals surface area contributed by atoms with E-state index in [1.165, 1.54) is 4.68 Å². The minimum atomic E-state index is -0.146. The first-order valence-electron chi connectivity index (χ1n) is 10.6. The van der Waals surface area contributed by atoms with Gasteiger partial charge in [0.1, 0.15) is 11.7 Å². The molecule has 1 aromatic carbocycles. The molecule has 0 unspecified atom stereocenters. The molecule has 0 spiro atoms. The average Bonchev–Trinajstić information content (AvgIpc) is 3.00. The molecule has 30 heavy (non-hydrogen) atoms. The first kappa shape index (κ1) is 21.8. The molecule has 2 aromatic rings. The molecule has 3 rings (SSSR count). The second kappa shape index (κ2) is 9.28. The topological polar surface area (TPSA) is 116 Å². The van der Waals surface area contributed by atoms with Crippen molar-refractivity contribution < 1.29 is 9.53 Å². The van der Waals surface area contributed by atoms with Crippen LogP contribution < -0.4 is 11.4 Å². The predicted octanol–water partition coefficient (Wildman–Crippen LogP) is 3.09. The zero-order valence-corrected chi connectivity index (χ0v) is 17.9. The number of nitrogen functional groups attached to an aromatic ring is 1. The molecule has 8 heteroatoms. The zero-order chi connectivity index (χ0) is 21.8. The Morgan fingerprint density at radius 1 is 1.23 bits per heavy atom. The van der Waals surface area contributed by atoms with Crippen molar-refractivity contribution in [1.29, 1.82) is 5.41 Å². The highest BCUT2D eigenvalue weighted by Crippen LogP contribution is 2.34. The number of esters is 1. The van der Waals surface area contributed by atoms with Gasteiger partial charge in [0.2, 0.25) is 0 Å². The predicted molar refractivity (Wildman–Crippen MR) is 115 cm³/mol. The fraction of sp³-hybridized carbons (Fsp3) is 0.545. The number of nitrogens with one attached hydrogen (secondary N) is 1. The van der Waals surface area contributed by atoms with Crippen molar-refractivity contribution in [3.8, 4) is 5.69 Å². The van der Waals surface area contributed by atoms with Crippen molar-refractivity contribution in [1.82, 2.24) is 14.3 Å². The van der Waals surface area contributed by atoms with Gasteiger partial charge in [0, 0.05) is 18.0 Å². The number of rotatable bonds is 7. The summed E-state index contributed by atoms with van der Waals surface area (Å²) in [6.45, 7) is 5.58. The van der Waals surface area contributed by atoms with Crippen LogP contribution in [-0.4, -0.2) is 32.3 Å². The minimum Gasteiger partial charge on any atom is -0.463 e. The van der Waals surface area contributed by atoms with Crippen LogP contribution in [0.2, 0.25) is 0 Å². The number of carbonyl (C=O) groups is 1. The summed E-state index contributed by atoms with van der Waals surface area (Å²) in [6.07, 6.45) is 5.01. The summed E-state index contributed by atoms with van der Waals surface area (Å²) in [5.74, 6) is 1.05. The van der Waals surface area contributed by atoms with Crippen molar-refractivity contribution in [3.05, 3.63) is 46.1 Å². The van der Waals surface area contributed by atoms with Crippen LogP contribution in [0.1, 0.15) is 69.8 Å². The Hall–Kier alpha value is -2.90. The van der Waals surface area contributed by atoms with Crippen LogP contribution in [0.3, 0.4) is 0 Å². The molecule has 1 fully saturated rings. The largest absolute Gasteiger partial charge is 0.463 e. The Balaban J connectivity index is 1.64. The van der Waals surface area contributed by atoms with Gasteiger partial charge in [0.25, 0.3) is 0 Å². The van der Waals surface area contributed by atoms with Crippen molar-refractivity contribution >= 4 is 11.8 Å². The Morgan fingerprint density at radius 2 is 1.87 bits per heavy atom. The first-order chi connectivity index (χ1) is 14.3. The van der Waals surface area contributed by atoms with Crippen molar-refractivity contribution in [2.24, 2.45) is 11.7 Å². The Bertz CT molecular complexity index is 950. The van der Waals surface area contributed by atoms with E-state index in [1.54, 1.807) is 28.8 Å². The first-order valence-corrected chi connectivity index (χ1v) is 10.6. The van der Waals surface area contributed by atoms with Crippen molar-refractivity contribution in [2.75, 3.05) is 0 Å². The maximum absolute atomic E-state index is 13.0. The maximum Gasteiger partial charge on any atom is 0.350 e. The zero-order valence-electron chi connectivity index (χ0n) is 17.9. The lowest BCUT2D eigenvalue weighted by molar-refractivity contribution is -0.147. The maximum atomic E-state index is 13.0. The summed E-state index contributed by atoms with van der Waals surface area (Å²) in [5, 5.41) is 11.9. The lowest BCUT2D eigenvalue weighted by Gasteiger charge is -2.29. The van der Waals surface area contributed by atoms with Gasteiger partial charge in [-0.15, -0.1) is 0 Å². The number of hydrogen-bond acceptors (Lipinski definition) is 5. The van der Waals surface area contributed by atoms with E-state index in [0.717, 1.165) is 32.1 Å². The van der Waals surface area contributed by atoms with Gasteiger partial charge in [0.15, 0.2) is 0 Å². The molecule has 0 bridgehead atoms. The Kier molecular flexibility index (Phi) is 6.74. The van der Waals surface area contributed by atoms with Gasteiger partial charge in [-0.25, -0.2) is 4.79 Å². The molecule has 1 heterocycles. The van der Waals surface area contributed by atoms with Crippen LogP contribution in [0.5, 0.6) is 0 Å². The highest BCUT2D eigenvalue weighted by Gasteiger charge is 2.26. The number of amidine groups is 1. The number of nitrogens with zero attached hydrogens (tertiary/aromatic N) is 3. The lowest BCUT2D eigenvalue weighted by Crippen LogP contribution is -2.30. The fourth-order valence-electron chi connectivity index (χ4n) is 4.18. The summed E-state index contributed by atoms with van der Waals surface area (Å²) >= 11 is 0. The molecule has 0 saturated heterocycles. The fourth-order valence-corrected chi connectivity index (χ4v) is 4.18. The van der Waals surface area contributed by atoms with E-state index in [9.17, 15) is 9.59 Å². The third kappa shape index (κ3) is 4.98. The van der Waals surface area contributed by atoms with Gasteiger partial charge >= 0.3 is 11.7 Å². The molecule has 0 amide bonds. The van der Waals surface area contributed by atoms with Gasteiger partial charge in [-0.1, -0.05) is 0 Å². The van der Waals surface area contributed by atoms with Gasteiger partial charge < -0.3 is 10.5 Å². The summed E-state index contributed by atoms with van der Waals surface area (Å²) in [5.41, 5.74) is 6.62. The highest BCUT2D eigenvalue weighted by atomic mass is 16.5. The summed E-state index contributed by atoms with van der Waals surface area (Å²) < 4.78 is 8.42. The molecule has 0 atom stereocenters. The summed E-state index contributed by atoms with van der Waals surface area (Å²) in [4.78, 5) is 24.8. The number of carbonyl (C=O) groups excluding carboxylic acids is 1. The van der Waals surface area contributed by atoms with Gasteiger partial charge in [-0.05, 0) is 83.1 Å². The number of aryl methyl sites for hydroxylation is 1. The van der Waals surface area contributed by atoms with E-state index in [1.807, 2.05) is 20.8 Å². The van der Waals surface area contributed by atoms with Gasteiger partial charge in [-0.3, -0.25) is 14.8 Å². The minimum absolute atomic E-state index is 0.00941. The Labute approximate surface area is 176 Å². The van der Waals surface area contributed by atoms with E-state index in [4.69, 9.17) is 15.9 Å². The summed E-state index contributed by atoms with van der Waals surface area (Å²) in [6, 6.07) is 7.06. The van der Waals surface area contributed by atoms with Crippen LogP contribution >= 0.6 is 0 Å². The molecular weight excluding hydrogens is 382 g/mol. The smallest absolute Gasteiger partial charge is 0.350 e. The molecule has 3 N–H and O–H groups in total. The van der Waals surface area contributed by atoms with Crippen LogP contribution in [-0.2, 0) is 9.53 Å². The normalized spacial score (nSPS) is 19.1. The average molecular weight is 414 g/mol. The molecule has 162 valence electrons. The highest BCUT2D eigenvalue weighted by molar-refractivity contribution is 5.95. The summed E-state index contributed by atoms with van der Waals surface area (Å²) in [7, 11) is 0. The second-order valence-electron chi connectivity index (χ2n) is 8.32. The molecule has 1 aliphatic carbocycles. The number of hydrogen-bond donors (Lipinski definition) is 2. The van der Waals surface area contributed by atoms with Gasteiger partial charge in [-0.2, -0.15) is 9.78 Å². The third-order valence-corrected chi connectivity index (χ3v) is 5.71. The number of nitrogens with two attached hydrogens (primary N) is 1. The van der Waals surface area contributed by atoms with Crippen molar-refractivity contribution in [3.63, 3.8) is 0 Å². The SMILES string of the molecule is Cc1nn(-c2ccc(C(=N)N)cc2)c(=O)n1C1CCC(CCC(=O)OC(C)C)CC1. The molecule has 1 aliphatic rings. The van der Waals surface area contributed by atoms with Crippen LogP contribution in [0.15, 0.2) is 29.1 Å². The molecule has 8 nitrogen and oxygen atoms in total. The van der Waals surface area contributed by atoms with Crippen LogP contribution in [0.25, 0.3) is 5.69 Å². The van der Waals surface area contributed by atoms with Crippen molar-refractivity contribution in [2.45, 2.75) is 71.4 Å². The van der Waals surface area contributed by atoms with Crippen LogP contribution in [0.4, 0.5) is 0 Å². The second-order valence-corrected chi connectivity index (χ2v) is 8.32. The van der Waals surface area contributed by atoms with Gasteiger partial charge in [0.05, 0.1) is 11.8 Å². The van der Waals surface area contributed by atoms with E-state index < -0.39 is 0 Å².